The molecule has 0 aliphatic heterocycles. The molecule has 2 rings (SSSR count). The highest BCUT2D eigenvalue weighted by molar-refractivity contribution is 7.18. The summed E-state index contributed by atoms with van der Waals surface area (Å²) in [7, 11) is 0. The van der Waals surface area contributed by atoms with Gasteiger partial charge in [0.15, 0.2) is 0 Å². The van der Waals surface area contributed by atoms with Crippen molar-refractivity contribution < 1.29 is 23.9 Å². The number of thiophene rings is 1. The molecule has 0 aliphatic carbocycles. The third-order valence-electron chi connectivity index (χ3n) is 3.56. The van der Waals surface area contributed by atoms with Gasteiger partial charge in [-0.2, -0.15) is 0 Å². The topological polar surface area (TPSA) is 81.7 Å². The molecular formula is C20H22ClNO5S. The zero-order chi connectivity index (χ0) is 21.1. The van der Waals surface area contributed by atoms with Gasteiger partial charge in [0.25, 0.3) is 5.91 Å². The average molecular weight is 424 g/mol. The predicted octanol–water partition coefficient (Wildman–Crippen LogP) is 5.09. The Hall–Kier alpha value is -2.38. The lowest BCUT2D eigenvalue weighted by molar-refractivity contribution is 0.00744. The van der Waals surface area contributed by atoms with Crippen molar-refractivity contribution in [2.75, 3.05) is 11.9 Å². The van der Waals surface area contributed by atoms with Crippen LogP contribution in [-0.4, -0.2) is 30.1 Å². The largest absolute Gasteiger partial charge is 0.462 e. The molecule has 0 saturated heterocycles. The monoisotopic (exact) mass is 423 g/mol. The second-order valence-electron chi connectivity index (χ2n) is 6.92. The summed E-state index contributed by atoms with van der Waals surface area (Å²) in [6, 6.07) is 6.55. The smallest absolute Gasteiger partial charge is 0.349 e. The van der Waals surface area contributed by atoms with Crippen LogP contribution < -0.4 is 5.32 Å². The van der Waals surface area contributed by atoms with Gasteiger partial charge in [0.2, 0.25) is 0 Å². The highest BCUT2D eigenvalue weighted by Crippen LogP contribution is 2.35. The van der Waals surface area contributed by atoms with E-state index in [1.165, 1.54) is 0 Å². The number of rotatable bonds is 5. The second-order valence-corrected chi connectivity index (χ2v) is 8.34. The van der Waals surface area contributed by atoms with Gasteiger partial charge in [0.05, 0.1) is 22.8 Å². The van der Waals surface area contributed by atoms with Gasteiger partial charge in [-0.25, -0.2) is 9.59 Å². The molecule has 1 aromatic heterocycles. The van der Waals surface area contributed by atoms with Crippen LogP contribution in [-0.2, 0) is 9.47 Å². The zero-order valence-electron chi connectivity index (χ0n) is 16.3. The number of ether oxygens (including phenoxy) is 2. The van der Waals surface area contributed by atoms with Gasteiger partial charge >= 0.3 is 11.9 Å². The number of esters is 2. The SMILES string of the molecule is CCOC(=O)c1c(NC(=O)c2ccccc2Cl)sc(C(=O)OC(C)(C)C)c1C. The van der Waals surface area contributed by atoms with Crippen LogP contribution >= 0.6 is 22.9 Å². The van der Waals surface area contributed by atoms with Crippen molar-refractivity contribution >= 4 is 45.8 Å². The molecule has 0 aliphatic rings. The summed E-state index contributed by atoms with van der Waals surface area (Å²) < 4.78 is 10.5. The summed E-state index contributed by atoms with van der Waals surface area (Å²) in [5.74, 6) is -1.69. The maximum atomic E-state index is 12.6. The van der Waals surface area contributed by atoms with Crippen molar-refractivity contribution in [3.63, 3.8) is 0 Å². The number of hydrogen-bond donors (Lipinski definition) is 1. The second kappa shape index (κ2) is 8.75. The van der Waals surface area contributed by atoms with E-state index in [0.29, 0.717) is 5.56 Å². The van der Waals surface area contributed by atoms with Crippen molar-refractivity contribution in [1.29, 1.82) is 0 Å². The first-order valence-corrected chi connectivity index (χ1v) is 9.84. The highest BCUT2D eigenvalue weighted by atomic mass is 35.5. The maximum Gasteiger partial charge on any atom is 0.349 e. The van der Waals surface area contributed by atoms with Gasteiger partial charge in [-0.1, -0.05) is 23.7 Å². The van der Waals surface area contributed by atoms with Crippen LogP contribution in [0.4, 0.5) is 5.00 Å². The summed E-state index contributed by atoms with van der Waals surface area (Å²) in [4.78, 5) is 37.8. The highest BCUT2D eigenvalue weighted by Gasteiger charge is 2.29. The number of hydrogen-bond acceptors (Lipinski definition) is 6. The molecule has 0 spiro atoms. The van der Waals surface area contributed by atoms with Crippen LogP contribution in [0.3, 0.4) is 0 Å². The lowest BCUT2D eigenvalue weighted by atomic mass is 10.1. The number of amides is 1. The minimum Gasteiger partial charge on any atom is -0.462 e. The standard InChI is InChI=1S/C20H22ClNO5S/c1-6-26-18(24)14-11(2)15(19(25)27-20(3,4)5)28-17(14)22-16(23)12-9-7-8-10-13(12)21/h7-10H,6H2,1-5H3,(H,22,23). The third-order valence-corrected chi connectivity index (χ3v) is 5.07. The van der Waals surface area contributed by atoms with Crippen molar-refractivity contribution in [3.8, 4) is 0 Å². The molecule has 1 amide bonds. The average Bonchev–Trinajstić information content (AvgIpc) is 2.90. The van der Waals surface area contributed by atoms with E-state index in [1.807, 2.05) is 0 Å². The van der Waals surface area contributed by atoms with Crippen LogP contribution in [0, 0.1) is 6.92 Å². The van der Waals surface area contributed by atoms with Crippen LogP contribution in [0.1, 0.15) is 63.6 Å². The van der Waals surface area contributed by atoms with E-state index in [9.17, 15) is 14.4 Å². The number of carbonyl (C=O) groups is 3. The molecule has 0 saturated carbocycles. The van der Waals surface area contributed by atoms with Crippen LogP contribution in [0.2, 0.25) is 5.02 Å². The molecule has 0 unspecified atom stereocenters. The Morgan fingerprint density at radius 3 is 2.36 bits per heavy atom. The lowest BCUT2D eigenvalue weighted by Crippen LogP contribution is -2.23. The normalized spacial score (nSPS) is 11.1. The fourth-order valence-electron chi connectivity index (χ4n) is 2.39. The quantitative estimate of drug-likeness (QED) is 0.677. The van der Waals surface area contributed by atoms with Gasteiger partial charge in [-0.15, -0.1) is 11.3 Å². The van der Waals surface area contributed by atoms with E-state index >= 15 is 0 Å². The first-order chi connectivity index (χ1) is 13.0. The molecule has 2 aromatic rings. The number of benzene rings is 1. The summed E-state index contributed by atoms with van der Waals surface area (Å²) in [6.45, 7) is 8.71. The van der Waals surface area contributed by atoms with E-state index in [-0.39, 0.29) is 32.6 Å². The Kier molecular flexibility index (Phi) is 6.85. The maximum absolute atomic E-state index is 12.6. The molecule has 1 N–H and O–H groups in total. The fraction of sp³-hybridized carbons (Fsp3) is 0.350. The van der Waals surface area contributed by atoms with Crippen molar-refractivity contribution in [2.24, 2.45) is 0 Å². The Labute approximate surface area is 172 Å². The van der Waals surface area contributed by atoms with E-state index in [1.54, 1.807) is 58.9 Å². The van der Waals surface area contributed by atoms with Crippen LogP contribution in [0.25, 0.3) is 0 Å². The Morgan fingerprint density at radius 2 is 1.79 bits per heavy atom. The van der Waals surface area contributed by atoms with Crippen molar-refractivity contribution in [1.82, 2.24) is 0 Å². The van der Waals surface area contributed by atoms with E-state index in [4.69, 9.17) is 21.1 Å². The van der Waals surface area contributed by atoms with Gasteiger partial charge in [0.1, 0.15) is 15.5 Å². The van der Waals surface area contributed by atoms with Crippen LogP contribution in [0.15, 0.2) is 24.3 Å². The Balaban J connectivity index is 2.45. The van der Waals surface area contributed by atoms with Crippen molar-refractivity contribution in [2.45, 2.75) is 40.2 Å². The lowest BCUT2D eigenvalue weighted by Gasteiger charge is -2.19. The number of anilines is 1. The molecule has 0 radical (unpaired) electrons. The molecule has 0 atom stereocenters. The van der Waals surface area contributed by atoms with E-state index < -0.39 is 23.4 Å². The number of halogens is 1. The van der Waals surface area contributed by atoms with E-state index in [0.717, 1.165) is 11.3 Å². The Morgan fingerprint density at radius 1 is 1.14 bits per heavy atom. The first kappa shape index (κ1) is 21.9. The van der Waals surface area contributed by atoms with Gasteiger partial charge in [0, 0.05) is 0 Å². The molecule has 150 valence electrons. The molecule has 0 bridgehead atoms. The van der Waals surface area contributed by atoms with Gasteiger partial charge < -0.3 is 14.8 Å². The zero-order valence-corrected chi connectivity index (χ0v) is 17.9. The fourth-order valence-corrected chi connectivity index (χ4v) is 3.67. The summed E-state index contributed by atoms with van der Waals surface area (Å²) in [5, 5.41) is 3.16. The third kappa shape index (κ3) is 5.11. The van der Waals surface area contributed by atoms with E-state index in [2.05, 4.69) is 5.32 Å². The number of nitrogens with one attached hydrogen (secondary N) is 1. The summed E-state index contributed by atoms with van der Waals surface area (Å²) >= 11 is 7.04. The Bertz CT molecular complexity index is 914. The molecule has 1 aromatic carbocycles. The molecule has 0 fully saturated rings. The molecule has 6 nitrogen and oxygen atoms in total. The minimum atomic E-state index is -0.696. The predicted molar refractivity (Wildman–Crippen MR) is 110 cm³/mol. The molecule has 1 heterocycles. The first-order valence-electron chi connectivity index (χ1n) is 8.65. The van der Waals surface area contributed by atoms with Crippen LogP contribution in [0.5, 0.6) is 0 Å². The molecular weight excluding hydrogens is 402 g/mol. The number of carbonyl (C=O) groups excluding carboxylic acids is 3. The summed E-state index contributed by atoms with van der Waals surface area (Å²) in [6.07, 6.45) is 0. The van der Waals surface area contributed by atoms with Gasteiger partial charge in [-0.3, -0.25) is 4.79 Å². The van der Waals surface area contributed by atoms with Gasteiger partial charge in [-0.05, 0) is 52.3 Å². The molecule has 8 heteroatoms. The van der Waals surface area contributed by atoms with Crippen molar-refractivity contribution in [3.05, 3.63) is 50.9 Å². The summed E-state index contributed by atoms with van der Waals surface area (Å²) in [5.41, 5.74) is 0.0857. The molecule has 28 heavy (non-hydrogen) atoms. The minimum absolute atomic E-state index is 0.133.